The monoisotopic (exact) mass is 402 g/mol. The first-order chi connectivity index (χ1) is 13.7. The lowest BCUT2D eigenvalue weighted by Gasteiger charge is -2.58. The second-order valence-corrected chi connectivity index (χ2v) is 10.2. The van der Waals surface area contributed by atoms with Crippen LogP contribution < -0.4 is 0 Å². The molecule has 1 fully saturated rings. The molecule has 1 aromatic heterocycles. The molecule has 0 aromatic carbocycles. The highest BCUT2D eigenvalue weighted by Gasteiger charge is 2.56. The Hall–Kier alpha value is -1.55. The lowest BCUT2D eigenvalue weighted by Crippen LogP contribution is -2.55. The summed E-state index contributed by atoms with van der Waals surface area (Å²) in [4.78, 5) is 12.2. The van der Waals surface area contributed by atoms with E-state index in [-0.39, 0.29) is 28.6 Å². The molecular weight excluding hydrogens is 364 g/mol. The molecule has 0 amide bonds. The number of aryl methyl sites for hydroxylation is 1. The fourth-order valence-electron chi connectivity index (χ4n) is 5.87. The molecule has 29 heavy (non-hydrogen) atoms. The van der Waals surface area contributed by atoms with Gasteiger partial charge < -0.3 is 14.3 Å². The molecular formula is C25H38O4. The summed E-state index contributed by atoms with van der Waals surface area (Å²) in [5.41, 5.74) is 2.70. The average Bonchev–Trinajstić information content (AvgIpc) is 3.16. The minimum absolute atomic E-state index is 0.0186. The van der Waals surface area contributed by atoms with E-state index in [1.54, 1.807) is 6.26 Å². The van der Waals surface area contributed by atoms with Crippen LogP contribution in [0.3, 0.4) is 0 Å². The second kappa shape index (κ2) is 8.67. The Morgan fingerprint density at radius 3 is 2.76 bits per heavy atom. The van der Waals surface area contributed by atoms with Crippen molar-refractivity contribution in [1.82, 2.24) is 0 Å². The van der Waals surface area contributed by atoms with Crippen LogP contribution >= 0.6 is 0 Å². The van der Waals surface area contributed by atoms with Crippen molar-refractivity contribution in [3.05, 3.63) is 35.8 Å². The van der Waals surface area contributed by atoms with Gasteiger partial charge in [0.1, 0.15) is 0 Å². The van der Waals surface area contributed by atoms with Crippen LogP contribution in [0.2, 0.25) is 0 Å². The van der Waals surface area contributed by atoms with E-state index >= 15 is 0 Å². The predicted molar refractivity (Wildman–Crippen MR) is 114 cm³/mol. The van der Waals surface area contributed by atoms with E-state index in [1.165, 1.54) is 11.1 Å². The molecule has 4 nitrogen and oxygen atoms in total. The van der Waals surface area contributed by atoms with Crippen LogP contribution in [-0.4, -0.2) is 23.8 Å². The normalized spacial score (nSPS) is 34.6. The number of rotatable bonds is 7. The zero-order chi connectivity index (χ0) is 21.2. The fourth-order valence-corrected chi connectivity index (χ4v) is 5.87. The fraction of sp³-hybridized carbons (Fsp3) is 0.720. The van der Waals surface area contributed by atoms with Crippen molar-refractivity contribution in [3.8, 4) is 0 Å². The predicted octanol–water partition coefficient (Wildman–Crippen LogP) is 5.55. The molecule has 2 aliphatic carbocycles. The van der Waals surface area contributed by atoms with Gasteiger partial charge in [-0.15, -0.1) is 0 Å². The zero-order valence-electron chi connectivity index (χ0n) is 18.7. The van der Waals surface area contributed by atoms with Gasteiger partial charge >= 0.3 is 5.97 Å². The summed E-state index contributed by atoms with van der Waals surface area (Å²) in [6.07, 6.45) is 10.8. The molecule has 1 N–H and O–H groups in total. The van der Waals surface area contributed by atoms with Crippen molar-refractivity contribution in [2.45, 2.75) is 79.2 Å². The zero-order valence-corrected chi connectivity index (χ0v) is 18.7. The van der Waals surface area contributed by atoms with Crippen molar-refractivity contribution in [3.63, 3.8) is 0 Å². The van der Waals surface area contributed by atoms with Crippen LogP contribution in [0.1, 0.15) is 72.3 Å². The first kappa shape index (κ1) is 22.1. The smallest absolute Gasteiger partial charge is 0.306 e. The summed E-state index contributed by atoms with van der Waals surface area (Å²) >= 11 is 0. The number of carbonyl (C=O) groups excluding carboxylic acids is 1. The van der Waals surface area contributed by atoms with Crippen LogP contribution in [0.4, 0.5) is 0 Å². The quantitative estimate of drug-likeness (QED) is 0.480. The molecule has 0 saturated heterocycles. The van der Waals surface area contributed by atoms with E-state index in [9.17, 15) is 9.90 Å². The van der Waals surface area contributed by atoms with Crippen molar-refractivity contribution in [2.24, 2.45) is 28.6 Å². The van der Waals surface area contributed by atoms with E-state index in [0.29, 0.717) is 18.9 Å². The van der Waals surface area contributed by atoms with Crippen LogP contribution in [0.5, 0.6) is 0 Å². The number of furan rings is 1. The van der Waals surface area contributed by atoms with Gasteiger partial charge in [0.2, 0.25) is 0 Å². The lowest BCUT2D eigenvalue weighted by molar-refractivity contribution is -0.158. The molecule has 5 atom stereocenters. The Bertz CT molecular complexity index is 719. The number of aliphatic hydroxyl groups excluding tert-OH is 1. The third-order valence-corrected chi connectivity index (χ3v) is 7.89. The highest BCUT2D eigenvalue weighted by Crippen LogP contribution is 2.61. The number of fused-ring (bicyclic) bond motifs is 1. The summed E-state index contributed by atoms with van der Waals surface area (Å²) in [5, 5.41) is 10.9. The van der Waals surface area contributed by atoms with Gasteiger partial charge in [-0.05, 0) is 73.3 Å². The van der Waals surface area contributed by atoms with Gasteiger partial charge in [-0.25, -0.2) is 0 Å². The van der Waals surface area contributed by atoms with Crippen LogP contribution in [-0.2, 0) is 16.0 Å². The summed E-state index contributed by atoms with van der Waals surface area (Å²) in [6.45, 7) is 11.3. The maximum absolute atomic E-state index is 12.2. The number of carbonyl (C=O) groups is 1. The van der Waals surface area contributed by atoms with Gasteiger partial charge in [-0.3, -0.25) is 4.79 Å². The van der Waals surface area contributed by atoms with Crippen LogP contribution in [0, 0.1) is 28.6 Å². The SMILES string of the molecule is CC1=CCC2(C)C(COC(=O)CC(C)C)C(O)CCC2C1(C)CCc1ccoc1. The molecule has 0 spiro atoms. The standard InChI is InChI=1S/C25H38O4/c1-17(2)14-23(27)29-16-20-21(26)6-7-22-24(4,12-9-19-10-13-28-15-19)18(3)8-11-25(20,22)5/h8,10,13,15,17,20-22,26H,6-7,9,11-12,14,16H2,1-5H3. The Balaban J connectivity index is 1.79. The third-order valence-electron chi connectivity index (χ3n) is 7.89. The van der Waals surface area contributed by atoms with Crippen LogP contribution in [0.15, 0.2) is 34.7 Å². The summed E-state index contributed by atoms with van der Waals surface area (Å²) < 4.78 is 10.9. The largest absolute Gasteiger partial charge is 0.472 e. The number of esters is 1. The molecule has 4 heteroatoms. The molecule has 0 bridgehead atoms. The Labute approximate surface area is 175 Å². The first-order valence-corrected chi connectivity index (χ1v) is 11.2. The number of aliphatic hydroxyl groups is 1. The van der Waals surface area contributed by atoms with Gasteiger partial charge in [0.15, 0.2) is 0 Å². The van der Waals surface area contributed by atoms with Gasteiger partial charge in [0, 0.05) is 12.3 Å². The number of ether oxygens (including phenoxy) is 1. The molecule has 0 aliphatic heterocycles. The van der Waals surface area contributed by atoms with Crippen molar-refractivity contribution in [2.75, 3.05) is 6.61 Å². The maximum Gasteiger partial charge on any atom is 0.306 e. The minimum atomic E-state index is -0.409. The maximum atomic E-state index is 12.2. The molecule has 1 saturated carbocycles. The van der Waals surface area contributed by atoms with Crippen molar-refractivity contribution < 1.29 is 19.1 Å². The van der Waals surface area contributed by atoms with E-state index in [2.05, 4.69) is 26.8 Å². The van der Waals surface area contributed by atoms with Gasteiger partial charge in [0.05, 0.1) is 25.2 Å². The Kier molecular flexibility index (Phi) is 6.62. The van der Waals surface area contributed by atoms with Gasteiger partial charge in [-0.1, -0.05) is 39.3 Å². The molecule has 0 radical (unpaired) electrons. The second-order valence-electron chi connectivity index (χ2n) is 10.2. The number of hydrogen-bond acceptors (Lipinski definition) is 4. The molecule has 1 heterocycles. The highest BCUT2D eigenvalue weighted by molar-refractivity contribution is 5.69. The molecule has 5 unspecified atom stereocenters. The van der Waals surface area contributed by atoms with Crippen molar-refractivity contribution in [1.29, 1.82) is 0 Å². The molecule has 2 aliphatic rings. The highest BCUT2D eigenvalue weighted by atomic mass is 16.5. The van der Waals surface area contributed by atoms with E-state index in [1.807, 2.05) is 26.2 Å². The van der Waals surface area contributed by atoms with E-state index in [0.717, 1.165) is 32.1 Å². The number of allylic oxidation sites excluding steroid dienone is 2. The Morgan fingerprint density at radius 2 is 2.10 bits per heavy atom. The third kappa shape index (κ3) is 4.47. The van der Waals surface area contributed by atoms with E-state index < -0.39 is 6.10 Å². The first-order valence-electron chi connectivity index (χ1n) is 11.2. The summed E-state index contributed by atoms with van der Waals surface area (Å²) in [7, 11) is 0. The average molecular weight is 403 g/mol. The minimum Gasteiger partial charge on any atom is -0.472 e. The molecule has 1 aromatic rings. The van der Waals surface area contributed by atoms with E-state index in [4.69, 9.17) is 9.15 Å². The summed E-state index contributed by atoms with van der Waals surface area (Å²) in [6, 6.07) is 2.05. The number of hydrogen-bond donors (Lipinski definition) is 1. The van der Waals surface area contributed by atoms with Gasteiger partial charge in [-0.2, -0.15) is 0 Å². The van der Waals surface area contributed by atoms with Crippen LogP contribution in [0.25, 0.3) is 0 Å². The van der Waals surface area contributed by atoms with Crippen molar-refractivity contribution >= 4 is 5.97 Å². The van der Waals surface area contributed by atoms with Gasteiger partial charge in [0.25, 0.3) is 0 Å². The molecule has 3 rings (SSSR count). The topological polar surface area (TPSA) is 59.7 Å². The Morgan fingerprint density at radius 1 is 1.34 bits per heavy atom. The molecule has 162 valence electrons. The summed E-state index contributed by atoms with van der Waals surface area (Å²) in [5.74, 6) is 0.579. The lowest BCUT2D eigenvalue weighted by atomic mass is 9.47.